The lowest BCUT2D eigenvalue weighted by molar-refractivity contribution is 0.0706. The highest BCUT2D eigenvalue weighted by molar-refractivity contribution is 7.90. The molecule has 106 valence electrons. The summed E-state index contributed by atoms with van der Waals surface area (Å²) in [7, 11) is -3.09. The molecule has 3 nitrogen and oxygen atoms in total. The van der Waals surface area contributed by atoms with Crippen LogP contribution >= 0.6 is 0 Å². The first-order chi connectivity index (χ1) is 8.76. The van der Waals surface area contributed by atoms with Crippen LogP contribution in [0.2, 0.25) is 0 Å². The van der Waals surface area contributed by atoms with Gasteiger partial charge < -0.3 is 5.32 Å². The summed E-state index contributed by atoms with van der Waals surface area (Å²) in [6, 6.07) is 7.93. The van der Waals surface area contributed by atoms with Gasteiger partial charge in [0.15, 0.2) is 9.84 Å². The molecular formula is C15H23NO2S. The van der Waals surface area contributed by atoms with Crippen molar-refractivity contribution in [1.29, 1.82) is 0 Å². The molecule has 2 rings (SSSR count). The highest BCUT2D eigenvalue weighted by atomic mass is 32.2. The van der Waals surface area contributed by atoms with Gasteiger partial charge in [-0.2, -0.15) is 0 Å². The summed E-state index contributed by atoms with van der Waals surface area (Å²) in [6.07, 6.45) is 2.37. The normalized spacial score (nSPS) is 25.9. The van der Waals surface area contributed by atoms with E-state index in [-0.39, 0.29) is 5.41 Å². The second kappa shape index (κ2) is 4.91. The monoisotopic (exact) mass is 281 g/mol. The van der Waals surface area contributed by atoms with E-state index in [1.165, 1.54) is 11.8 Å². The molecule has 1 aromatic rings. The standard InChI is InChI=1S/C15H23NO2S/c1-5-16-14-10-13(15(14,2)3)11-6-8-12(9-7-11)19(4,17)18/h6-9,13-14,16H,5,10H2,1-4H3. The zero-order valence-electron chi connectivity index (χ0n) is 12.1. The highest BCUT2D eigenvalue weighted by Crippen LogP contribution is 2.52. The van der Waals surface area contributed by atoms with E-state index in [9.17, 15) is 8.42 Å². The summed E-state index contributed by atoms with van der Waals surface area (Å²) in [6.45, 7) is 7.68. The van der Waals surface area contributed by atoms with Gasteiger partial charge in [-0.05, 0) is 42.0 Å². The SMILES string of the molecule is CCNC1CC(c2ccc(S(C)(=O)=O)cc2)C1(C)C. The zero-order chi connectivity index (χ0) is 14.3. The fourth-order valence-corrected chi connectivity index (χ4v) is 3.66. The van der Waals surface area contributed by atoms with E-state index in [1.807, 2.05) is 12.1 Å². The summed E-state index contributed by atoms with van der Waals surface area (Å²) >= 11 is 0. The van der Waals surface area contributed by atoms with E-state index in [2.05, 4.69) is 26.1 Å². The van der Waals surface area contributed by atoms with E-state index < -0.39 is 9.84 Å². The predicted molar refractivity (Wildman–Crippen MR) is 78.2 cm³/mol. The number of nitrogens with one attached hydrogen (secondary N) is 1. The fourth-order valence-electron chi connectivity index (χ4n) is 3.03. The number of benzene rings is 1. The second-order valence-electron chi connectivity index (χ2n) is 6.06. The molecule has 2 unspecified atom stereocenters. The van der Waals surface area contributed by atoms with Gasteiger partial charge >= 0.3 is 0 Å². The molecule has 1 fully saturated rings. The smallest absolute Gasteiger partial charge is 0.175 e. The van der Waals surface area contributed by atoms with Crippen LogP contribution in [0.4, 0.5) is 0 Å². The van der Waals surface area contributed by atoms with Gasteiger partial charge in [0.1, 0.15) is 0 Å². The maximum absolute atomic E-state index is 11.5. The quantitative estimate of drug-likeness (QED) is 0.922. The van der Waals surface area contributed by atoms with Crippen LogP contribution in [0.3, 0.4) is 0 Å². The molecular weight excluding hydrogens is 258 g/mol. The van der Waals surface area contributed by atoms with Gasteiger partial charge in [0.25, 0.3) is 0 Å². The first-order valence-corrected chi connectivity index (χ1v) is 8.69. The molecule has 1 aliphatic carbocycles. The van der Waals surface area contributed by atoms with Crippen molar-refractivity contribution in [2.45, 2.75) is 44.0 Å². The summed E-state index contributed by atoms with van der Waals surface area (Å²) in [5, 5.41) is 3.51. The van der Waals surface area contributed by atoms with Crippen LogP contribution in [0.25, 0.3) is 0 Å². The van der Waals surface area contributed by atoms with E-state index in [1.54, 1.807) is 12.1 Å². The van der Waals surface area contributed by atoms with E-state index in [0.717, 1.165) is 13.0 Å². The second-order valence-corrected chi connectivity index (χ2v) is 8.08. The molecule has 1 aromatic carbocycles. The maximum Gasteiger partial charge on any atom is 0.175 e. The van der Waals surface area contributed by atoms with Crippen LogP contribution in [0.1, 0.15) is 38.7 Å². The summed E-state index contributed by atoms with van der Waals surface area (Å²) < 4.78 is 22.9. The molecule has 19 heavy (non-hydrogen) atoms. The third kappa shape index (κ3) is 2.70. The Morgan fingerprint density at radius 2 is 1.84 bits per heavy atom. The van der Waals surface area contributed by atoms with Gasteiger partial charge in [-0.25, -0.2) is 8.42 Å². The molecule has 0 radical (unpaired) electrons. The van der Waals surface area contributed by atoms with Gasteiger partial charge in [-0.3, -0.25) is 0 Å². The molecule has 0 aromatic heterocycles. The number of hydrogen-bond donors (Lipinski definition) is 1. The van der Waals surface area contributed by atoms with Gasteiger partial charge in [-0.15, -0.1) is 0 Å². The molecule has 0 saturated heterocycles. The third-order valence-corrected chi connectivity index (χ3v) is 5.56. The van der Waals surface area contributed by atoms with Crippen molar-refractivity contribution in [3.05, 3.63) is 29.8 Å². The average molecular weight is 281 g/mol. The van der Waals surface area contributed by atoms with Crippen molar-refractivity contribution in [1.82, 2.24) is 5.32 Å². The molecule has 1 saturated carbocycles. The molecule has 0 heterocycles. The minimum Gasteiger partial charge on any atom is -0.314 e. The lowest BCUT2D eigenvalue weighted by Crippen LogP contribution is -2.55. The predicted octanol–water partition coefficient (Wildman–Crippen LogP) is 2.58. The van der Waals surface area contributed by atoms with Gasteiger partial charge in [0.05, 0.1) is 4.90 Å². The molecule has 0 amide bonds. The van der Waals surface area contributed by atoms with E-state index in [4.69, 9.17) is 0 Å². The van der Waals surface area contributed by atoms with Crippen LogP contribution in [-0.2, 0) is 9.84 Å². The lowest BCUT2D eigenvalue weighted by Gasteiger charge is -2.53. The number of hydrogen-bond acceptors (Lipinski definition) is 3. The van der Waals surface area contributed by atoms with Crippen LogP contribution in [-0.4, -0.2) is 27.3 Å². The lowest BCUT2D eigenvalue weighted by atomic mass is 9.56. The van der Waals surface area contributed by atoms with Crippen molar-refractivity contribution in [3.63, 3.8) is 0 Å². The van der Waals surface area contributed by atoms with Gasteiger partial charge in [-0.1, -0.05) is 32.9 Å². The Bertz CT molecular complexity index is 546. The van der Waals surface area contributed by atoms with Crippen LogP contribution < -0.4 is 5.32 Å². The Labute approximate surface area is 116 Å². The van der Waals surface area contributed by atoms with Crippen molar-refractivity contribution in [3.8, 4) is 0 Å². The van der Waals surface area contributed by atoms with Gasteiger partial charge in [0.2, 0.25) is 0 Å². The van der Waals surface area contributed by atoms with Crippen molar-refractivity contribution >= 4 is 9.84 Å². The van der Waals surface area contributed by atoms with E-state index >= 15 is 0 Å². The Balaban J connectivity index is 2.17. The van der Waals surface area contributed by atoms with Crippen LogP contribution in [0, 0.1) is 5.41 Å². The minimum atomic E-state index is -3.09. The van der Waals surface area contributed by atoms with E-state index in [0.29, 0.717) is 16.9 Å². The molecule has 2 atom stereocenters. The first kappa shape index (κ1) is 14.5. The molecule has 1 aliphatic rings. The van der Waals surface area contributed by atoms with Crippen molar-refractivity contribution in [2.24, 2.45) is 5.41 Å². The summed E-state index contributed by atoms with van der Waals surface area (Å²) in [4.78, 5) is 0.400. The number of sulfone groups is 1. The molecule has 0 bridgehead atoms. The topological polar surface area (TPSA) is 46.2 Å². The molecule has 0 spiro atoms. The Morgan fingerprint density at radius 1 is 1.26 bits per heavy atom. The highest BCUT2D eigenvalue weighted by Gasteiger charge is 2.47. The average Bonchev–Trinajstić information content (AvgIpc) is 2.33. The van der Waals surface area contributed by atoms with Crippen LogP contribution in [0.5, 0.6) is 0 Å². The largest absolute Gasteiger partial charge is 0.314 e. The third-order valence-electron chi connectivity index (χ3n) is 4.43. The maximum atomic E-state index is 11.5. The Kier molecular flexibility index (Phi) is 3.76. The van der Waals surface area contributed by atoms with Crippen molar-refractivity contribution < 1.29 is 8.42 Å². The fraction of sp³-hybridized carbons (Fsp3) is 0.600. The minimum absolute atomic E-state index is 0.225. The molecule has 0 aliphatic heterocycles. The Hall–Kier alpha value is -0.870. The van der Waals surface area contributed by atoms with Crippen LogP contribution in [0.15, 0.2) is 29.2 Å². The zero-order valence-corrected chi connectivity index (χ0v) is 12.9. The number of rotatable bonds is 4. The Morgan fingerprint density at radius 3 is 2.26 bits per heavy atom. The molecule has 1 N–H and O–H groups in total. The molecule has 4 heteroatoms. The van der Waals surface area contributed by atoms with Crippen molar-refractivity contribution in [2.75, 3.05) is 12.8 Å². The first-order valence-electron chi connectivity index (χ1n) is 6.80. The summed E-state index contributed by atoms with van der Waals surface area (Å²) in [5.41, 5.74) is 1.47. The summed E-state index contributed by atoms with van der Waals surface area (Å²) in [5.74, 6) is 0.505. The van der Waals surface area contributed by atoms with Gasteiger partial charge in [0, 0.05) is 12.3 Å².